The fourth-order valence-electron chi connectivity index (χ4n) is 3.54. The largest absolute Gasteiger partial charge is 0.399 e. The molecule has 0 aliphatic rings. The summed E-state index contributed by atoms with van der Waals surface area (Å²) >= 11 is 2.03. The molecule has 2 aromatic heterocycles. The number of aliphatic hydroxyl groups is 1. The Bertz CT molecular complexity index is 1310. The molecule has 4 rings (SSSR count). The Hall–Kier alpha value is -3.22. The molecule has 0 fully saturated rings. The lowest BCUT2D eigenvalue weighted by atomic mass is 10.2. The van der Waals surface area contributed by atoms with Crippen molar-refractivity contribution in [1.29, 1.82) is 0 Å². The lowest BCUT2D eigenvalue weighted by molar-refractivity contribution is 0.0163. The number of nitrogens with zero attached hydrogens (tertiary/aromatic N) is 2. The second kappa shape index (κ2) is 10.1. The van der Waals surface area contributed by atoms with E-state index in [1.165, 1.54) is 6.07 Å². The van der Waals surface area contributed by atoms with E-state index in [0.29, 0.717) is 28.8 Å². The average molecular weight is 561 g/mol. The first-order valence-corrected chi connectivity index (χ1v) is 11.1. The van der Waals surface area contributed by atoms with Crippen LogP contribution in [0.1, 0.15) is 16.1 Å². The van der Waals surface area contributed by atoms with Crippen LogP contribution in [0.5, 0.6) is 0 Å². The Morgan fingerprint density at radius 3 is 2.85 bits per heavy atom. The van der Waals surface area contributed by atoms with Crippen LogP contribution in [-0.4, -0.2) is 33.8 Å². The normalized spacial score (nSPS) is 11.0. The van der Waals surface area contributed by atoms with Crippen molar-refractivity contribution >= 4 is 56.5 Å². The Labute approximate surface area is 202 Å². The van der Waals surface area contributed by atoms with Gasteiger partial charge in [0.15, 0.2) is 0 Å². The number of carbonyl (C=O) groups excluding carboxylic acids is 1. The monoisotopic (exact) mass is 561 g/mol. The van der Waals surface area contributed by atoms with Gasteiger partial charge >= 0.3 is 0 Å². The number of hydrogen-bond donors (Lipinski definition) is 4. The van der Waals surface area contributed by atoms with Gasteiger partial charge in [0.1, 0.15) is 11.5 Å². The van der Waals surface area contributed by atoms with E-state index in [2.05, 4.69) is 15.8 Å². The van der Waals surface area contributed by atoms with Crippen molar-refractivity contribution in [3.8, 4) is 0 Å². The Kier molecular flexibility index (Phi) is 7.06. The number of nitrogens with two attached hydrogens (primary N) is 1. The Morgan fingerprint density at radius 1 is 1.24 bits per heavy atom. The van der Waals surface area contributed by atoms with Gasteiger partial charge in [-0.1, -0.05) is 12.1 Å². The molecular formula is C23H21FIN5O3. The summed E-state index contributed by atoms with van der Waals surface area (Å²) in [7, 11) is 0. The average Bonchev–Trinajstić information content (AvgIpc) is 3.09. The minimum Gasteiger partial charge on any atom is -0.399 e. The molecule has 2 aromatic carbocycles. The van der Waals surface area contributed by atoms with E-state index in [1.54, 1.807) is 41.2 Å². The number of aliphatic hydroxyl groups excluding tert-OH is 1. The molecule has 0 aliphatic carbocycles. The fourth-order valence-corrected chi connectivity index (χ4v) is 3.99. The number of aromatic nitrogens is 2. The van der Waals surface area contributed by atoms with Gasteiger partial charge in [0, 0.05) is 33.6 Å². The molecule has 5 N–H and O–H groups in total. The van der Waals surface area contributed by atoms with Crippen molar-refractivity contribution in [1.82, 2.24) is 15.0 Å². The van der Waals surface area contributed by atoms with Gasteiger partial charge in [-0.2, -0.15) is 0 Å². The maximum absolute atomic E-state index is 14.7. The standard InChI is InChI=1S/C23H21FIN5O3/c24-18-11-15(25)4-5-19(18)28-21-17-12-27-7-6-20(17)30(13-14-2-1-3-16(26)10-14)22(21)23(32)29-33-9-8-31/h1-7,10-12,28,31H,8-9,13,26H2,(H,29,32). The number of fused-ring (bicyclic) bond motifs is 1. The van der Waals surface area contributed by atoms with Gasteiger partial charge in [-0.15, -0.1) is 0 Å². The summed E-state index contributed by atoms with van der Waals surface area (Å²) in [5.74, 6) is -1.01. The van der Waals surface area contributed by atoms with Crippen LogP contribution < -0.4 is 16.5 Å². The highest BCUT2D eigenvalue weighted by molar-refractivity contribution is 14.1. The minimum atomic E-state index is -0.558. The number of amides is 1. The van der Waals surface area contributed by atoms with Crippen LogP contribution in [0.15, 0.2) is 60.9 Å². The van der Waals surface area contributed by atoms with Crippen LogP contribution in [0, 0.1) is 9.39 Å². The molecule has 4 aromatic rings. The lowest BCUT2D eigenvalue weighted by Crippen LogP contribution is -2.28. The Balaban J connectivity index is 1.87. The summed E-state index contributed by atoms with van der Waals surface area (Å²) in [5.41, 5.74) is 11.3. The molecule has 0 bridgehead atoms. The number of benzene rings is 2. The number of anilines is 3. The third-order valence-corrected chi connectivity index (χ3v) is 5.59. The summed E-state index contributed by atoms with van der Waals surface area (Å²) < 4.78 is 17.2. The second-order valence-electron chi connectivity index (χ2n) is 7.20. The van der Waals surface area contributed by atoms with Gasteiger partial charge in [0.25, 0.3) is 5.91 Å². The van der Waals surface area contributed by atoms with E-state index in [4.69, 9.17) is 15.7 Å². The molecule has 0 unspecified atom stereocenters. The van der Waals surface area contributed by atoms with E-state index >= 15 is 0 Å². The maximum atomic E-state index is 14.7. The quantitative estimate of drug-likeness (QED) is 0.113. The summed E-state index contributed by atoms with van der Waals surface area (Å²) in [6, 6.07) is 13.9. The zero-order valence-electron chi connectivity index (χ0n) is 17.4. The van der Waals surface area contributed by atoms with Crippen molar-refractivity contribution in [2.75, 3.05) is 24.3 Å². The summed E-state index contributed by atoms with van der Waals surface area (Å²) in [6.07, 6.45) is 3.24. The zero-order valence-corrected chi connectivity index (χ0v) is 19.5. The highest BCUT2D eigenvalue weighted by Gasteiger charge is 2.24. The first-order chi connectivity index (χ1) is 16.0. The smallest absolute Gasteiger partial charge is 0.293 e. The number of halogens is 2. The van der Waals surface area contributed by atoms with E-state index in [9.17, 15) is 9.18 Å². The van der Waals surface area contributed by atoms with Crippen LogP contribution >= 0.6 is 22.6 Å². The van der Waals surface area contributed by atoms with Crippen molar-refractivity contribution in [3.63, 3.8) is 0 Å². The lowest BCUT2D eigenvalue weighted by Gasteiger charge is -2.14. The molecule has 10 heteroatoms. The topological polar surface area (TPSA) is 114 Å². The molecule has 170 valence electrons. The van der Waals surface area contributed by atoms with E-state index in [-0.39, 0.29) is 24.6 Å². The molecule has 0 radical (unpaired) electrons. The first-order valence-electron chi connectivity index (χ1n) is 10.0. The van der Waals surface area contributed by atoms with E-state index < -0.39 is 11.7 Å². The third-order valence-electron chi connectivity index (χ3n) is 4.92. The van der Waals surface area contributed by atoms with Gasteiger partial charge in [-0.25, -0.2) is 9.87 Å². The van der Waals surface area contributed by atoms with Crippen molar-refractivity contribution in [2.24, 2.45) is 0 Å². The predicted molar refractivity (Wildman–Crippen MR) is 133 cm³/mol. The second-order valence-corrected chi connectivity index (χ2v) is 8.45. The number of nitrogen functional groups attached to an aromatic ring is 1. The van der Waals surface area contributed by atoms with Crippen LogP contribution in [-0.2, 0) is 11.4 Å². The van der Waals surface area contributed by atoms with Crippen LogP contribution in [0.25, 0.3) is 10.9 Å². The van der Waals surface area contributed by atoms with Gasteiger partial charge < -0.3 is 20.7 Å². The number of carbonyl (C=O) groups is 1. The van der Waals surface area contributed by atoms with Crippen LogP contribution in [0.2, 0.25) is 0 Å². The molecular weight excluding hydrogens is 540 g/mol. The number of nitrogens with one attached hydrogen (secondary N) is 2. The molecule has 0 atom stereocenters. The first kappa shape index (κ1) is 23.0. The third kappa shape index (κ3) is 5.07. The molecule has 0 saturated heterocycles. The van der Waals surface area contributed by atoms with Crippen molar-refractivity contribution in [2.45, 2.75) is 6.54 Å². The van der Waals surface area contributed by atoms with Gasteiger partial charge in [0.05, 0.1) is 30.1 Å². The minimum absolute atomic E-state index is 0.0722. The Morgan fingerprint density at radius 2 is 2.09 bits per heavy atom. The number of rotatable bonds is 8. The van der Waals surface area contributed by atoms with Crippen LogP contribution in [0.3, 0.4) is 0 Å². The molecule has 8 nitrogen and oxygen atoms in total. The molecule has 0 spiro atoms. The number of hydrogen-bond acceptors (Lipinski definition) is 6. The highest BCUT2D eigenvalue weighted by Crippen LogP contribution is 2.34. The van der Waals surface area contributed by atoms with Crippen molar-refractivity contribution < 1.29 is 19.1 Å². The van der Waals surface area contributed by atoms with Crippen LogP contribution in [0.4, 0.5) is 21.5 Å². The van der Waals surface area contributed by atoms with Gasteiger partial charge in [0.2, 0.25) is 0 Å². The molecule has 33 heavy (non-hydrogen) atoms. The summed E-state index contributed by atoms with van der Waals surface area (Å²) in [5, 5.41) is 12.7. The van der Waals surface area contributed by atoms with E-state index in [1.807, 2.05) is 40.8 Å². The summed E-state index contributed by atoms with van der Waals surface area (Å²) in [4.78, 5) is 22.5. The highest BCUT2D eigenvalue weighted by atomic mass is 127. The fraction of sp³-hybridized carbons (Fsp3) is 0.130. The SMILES string of the molecule is Nc1cccc(Cn2c(C(=O)NOCCO)c(Nc3ccc(I)cc3F)c3cnccc32)c1. The van der Waals surface area contributed by atoms with Crippen molar-refractivity contribution in [3.05, 3.63) is 81.6 Å². The number of hydroxylamine groups is 1. The molecule has 2 heterocycles. The molecule has 0 saturated carbocycles. The maximum Gasteiger partial charge on any atom is 0.293 e. The van der Waals surface area contributed by atoms with Gasteiger partial charge in [-0.3, -0.25) is 14.6 Å². The molecule has 0 aliphatic heterocycles. The molecule has 1 amide bonds. The zero-order chi connectivity index (χ0) is 23.4. The van der Waals surface area contributed by atoms with E-state index in [0.717, 1.165) is 9.13 Å². The summed E-state index contributed by atoms with van der Waals surface area (Å²) in [6.45, 7) is -0.00212. The van der Waals surface area contributed by atoms with Gasteiger partial charge in [-0.05, 0) is 64.6 Å². The predicted octanol–water partition coefficient (Wildman–Crippen LogP) is 3.81. The number of pyridine rings is 1.